The minimum absolute atomic E-state index is 0.0402. The van der Waals surface area contributed by atoms with Crippen LogP contribution in [0.4, 0.5) is 0 Å². The van der Waals surface area contributed by atoms with E-state index in [1.54, 1.807) is 0 Å². The molecule has 1 aliphatic carbocycles. The number of nitrogens with zero attached hydrogens (tertiary/aromatic N) is 1. The predicted molar refractivity (Wildman–Crippen MR) is 80.2 cm³/mol. The molecule has 2 aliphatic rings. The van der Waals surface area contributed by atoms with Crippen LogP contribution in [0.25, 0.3) is 0 Å². The lowest BCUT2D eigenvalue weighted by Crippen LogP contribution is -2.33. The van der Waals surface area contributed by atoms with Crippen molar-refractivity contribution in [3.8, 4) is 0 Å². The van der Waals surface area contributed by atoms with E-state index in [-0.39, 0.29) is 5.54 Å². The lowest BCUT2D eigenvalue weighted by atomic mass is 9.84. The Labute approximate surface area is 117 Å². The van der Waals surface area contributed by atoms with Gasteiger partial charge in [-0.2, -0.15) is 0 Å². The number of rotatable bonds is 2. The van der Waals surface area contributed by atoms with Crippen LogP contribution in [0.5, 0.6) is 0 Å². The normalized spacial score (nSPS) is 24.7. The standard InChI is InChI=1S/C17H26N2/c1-19-11-7-14(8-12-19)15-5-4-6-16(13-15)17(18)9-2-3-10-17/h4-6,13-14H,2-3,7-12,18H2,1H3. The fourth-order valence-corrected chi connectivity index (χ4v) is 3.74. The summed E-state index contributed by atoms with van der Waals surface area (Å²) in [6.07, 6.45) is 7.46. The van der Waals surface area contributed by atoms with Gasteiger partial charge in [-0.3, -0.25) is 0 Å². The lowest BCUT2D eigenvalue weighted by Gasteiger charge is -2.31. The fraction of sp³-hybridized carbons (Fsp3) is 0.647. The minimum atomic E-state index is -0.0402. The highest BCUT2D eigenvalue weighted by atomic mass is 15.1. The van der Waals surface area contributed by atoms with E-state index in [2.05, 4.69) is 36.2 Å². The number of piperidine rings is 1. The molecule has 0 spiro atoms. The molecule has 1 aliphatic heterocycles. The van der Waals surface area contributed by atoms with Gasteiger partial charge in [0.25, 0.3) is 0 Å². The molecule has 104 valence electrons. The highest BCUT2D eigenvalue weighted by molar-refractivity contribution is 5.32. The maximum atomic E-state index is 6.59. The molecule has 3 rings (SSSR count). The molecule has 2 N–H and O–H groups in total. The molecule has 1 heterocycles. The maximum Gasteiger partial charge on any atom is 0.0409 e. The summed E-state index contributed by atoms with van der Waals surface area (Å²) < 4.78 is 0. The number of hydrogen-bond acceptors (Lipinski definition) is 2. The molecule has 19 heavy (non-hydrogen) atoms. The molecule has 2 nitrogen and oxygen atoms in total. The van der Waals surface area contributed by atoms with Crippen LogP contribution in [0.3, 0.4) is 0 Å². The minimum Gasteiger partial charge on any atom is -0.321 e. The van der Waals surface area contributed by atoms with Gasteiger partial charge in [0.2, 0.25) is 0 Å². The first-order valence-corrected chi connectivity index (χ1v) is 7.75. The fourth-order valence-electron chi connectivity index (χ4n) is 3.74. The molecule has 1 saturated carbocycles. The molecule has 1 aromatic rings. The average Bonchev–Trinajstić information content (AvgIpc) is 2.88. The van der Waals surface area contributed by atoms with Crippen molar-refractivity contribution in [1.29, 1.82) is 0 Å². The lowest BCUT2D eigenvalue weighted by molar-refractivity contribution is 0.255. The van der Waals surface area contributed by atoms with Crippen molar-refractivity contribution in [3.63, 3.8) is 0 Å². The third-order valence-corrected chi connectivity index (χ3v) is 5.15. The first kappa shape index (κ1) is 13.1. The van der Waals surface area contributed by atoms with Crippen molar-refractivity contribution >= 4 is 0 Å². The summed E-state index contributed by atoms with van der Waals surface area (Å²) in [6, 6.07) is 9.17. The summed E-state index contributed by atoms with van der Waals surface area (Å²) in [5, 5.41) is 0. The van der Waals surface area contributed by atoms with Gasteiger partial charge in [0, 0.05) is 5.54 Å². The number of nitrogens with two attached hydrogens (primary N) is 1. The molecular formula is C17H26N2. The summed E-state index contributed by atoms with van der Waals surface area (Å²) in [6.45, 7) is 2.45. The van der Waals surface area contributed by atoms with Crippen LogP contribution in [0.15, 0.2) is 24.3 Å². The van der Waals surface area contributed by atoms with Crippen LogP contribution in [0.1, 0.15) is 55.6 Å². The van der Waals surface area contributed by atoms with Crippen molar-refractivity contribution in [2.45, 2.75) is 50.0 Å². The Hall–Kier alpha value is -0.860. The van der Waals surface area contributed by atoms with Gasteiger partial charge >= 0.3 is 0 Å². The molecule has 0 radical (unpaired) electrons. The Morgan fingerprint density at radius 2 is 1.84 bits per heavy atom. The second kappa shape index (κ2) is 5.26. The Kier molecular flexibility index (Phi) is 3.64. The highest BCUT2D eigenvalue weighted by Crippen LogP contribution is 2.38. The third-order valence-electron chi connectivity index (χ3n) is 5.15. The predicted octanol–water partition coefficient (Wildman–Crippen LogP) is 3.22. The quantitative estimate of drug-likeness (QED) is 0.882. The molecule has 1 aromatic carbocycles. The summed E-state index contributed by atoms with van der Waals surface area (Å²) in [5.41, 5.74) is 9.44. The van der Waals surface area contributed by atoms with Gasteiger partial charge in [-0.25, -0.2) is 0 Å². The summed E-state index contributed by atoms with van der Waals surface area (Å²) in [4.78, 5) is 2.43. The zero-order valence-electron chi connectivity index (χ0n) is 12.1. The smallest absolute Gasteiger partial charge is 0.0409 e. The van der Waals surface area contributed by atoms with Gasteiger partial charge in [-0.05, 0) is 62.9 Å². The van der Waals surface area contributed by atoms with Gasteiger partial charge in [0.05, 0.1) is 0 Å². The monoisotopic (exact) mass is 258 g/mol. The SMILES string of the molecule is CN1CCC(c2cccc(C3(N)CCCC3)c2)CC1. The molecule has 0 aromatic heterocycles. The van der Waals surface area contributed by atoms with Crippen molar-refractivity contribution < 1.29 is 0 Å². The Morgan fingerprint density at radius 1 is 1.16 bits per heavy atom. The zero-order valence-corrected chi connectivity index (χ0v) is 12.1. The van der Waals surface area contributed by atoms with Crippen LogP contribution in [0, 0.1) is 0 Å². The van der Waals surface area contributed by atoms with E-state index in [1.807, 2.05) is 0 Å². The first-order valence-electron chi connectivity index (χ1n) is 7.75. The molecular weight excluding hydrogens is 232 g/mol. The second-order valence-corrected chi connectivity index (χ2v) is 6.57. The summed E-state index contributed by atoms with van der Waals surface area (Å²) in [5.74, 6) is 0.737. The summed E-state index contributed by atoms with van der Waals surface area (Å²) >= 11 is 0. The number of hydrogen-bond donors (Lipinski definition) is 1. The summed E-state index contributed by atoms with van der Waals surface area (Å²) in [7, 11) is 2.22. The van der Waals surface area contributed by atoms with Gasteiger partial charge in [-0.15, -0.1) is 0 Å². The van der Waals surface area contributed by atoms with Crippen molar-refractivity contribution in [1.82, 2.24) is 4.90 Å². The van der Waals surface area contributed by atoms with Crippen LogP contribution >= 0.6 is 0 Å². The molecule has 0 amide bonds. The Balaban J connectivity index is 1.80. The van der Waals surface area contributed by atoms with Crippen LogP contribution in [-0.2, 0) is 5.54 Å². The third kappa shape index (κ3) is 2.70. The second-order valence-electron chi connectivity index (χ2n) is 6.57. The van der Waals surface area contributed by atoms with Crippen LogP contribution in [-0.4, -0.2) is 25.0 Å². The molecule has 0 unspecified atom stereocenters. The van der Waals surface area contributed by atoms with E-state index >= 15 is 0 Å². The van der Waals surface area contributed by atoms with Crippen molar-refractivity contribution in [2.75, 3.05) is 20.1 Å². The first-order chi connectivity index (χ1) is 9.17. The molecule has 0 atom stereocenters. The number of likely N-dealkylation sites (tertiary alicyclic amines) is 1. The number of benzene rings is 1. The largest absolute Gasteiger partial charge is 0.321 e. The van der Waals surface area contributed by atoms with E-state index in [9.17, 15) is 0 Å². The van der Waals surface area contributed by atoms with Gasteiger partial charge in [0.15, 0.2) is 0 Å². The van der Waals surface area contributed by atoms with Crippen LogP contribution < -0.4 is 5.73 Å². The molecule has 2 heteroatoms. The van der Waals surface area contributed by atoms with E-state index in [0.717, 1.165) is 18.8 Å². The average molecular weight is 258 g/mol. The van der Waals surface area contributed by atoms with E-state index in [1.165, 1.54) is 49.9 Å². The van der Waals surface area contributed by atoms with Gasteiger partial charge in [-0.1, -0.05) is 37.1 Å². The van der Waals surface area contributed by atoms with E-state index in [4.69, 9.17) is 5.73 Å². The topological polar surface area (TPSA) is 29.3 Å². The molecule has 2 fully saturated rings. The maximum absolute atomic E-state index is 6.59. The molecule has 1 saturated heterocycles. The Morgan fingerprint density at radius 3 is 2.53 bits per heavy atom. The van der Waals surface area contributed by atoms with Gasteiger partial charge < -0.3 is 10.6 Å². The highest BCUT2D eigenvalue weighted by Gasteiger charge is 2.31. The zero-order chi connectivity index (χ0) is 13.3. The van der Waals surface area contributed by atoms with Gasteiger partial charge in [0.1, 0.15) is 0 Å². The van der Waals surface area contributed by atoms with Crippen LogP contribution in [0.2, 0.25) is 0 Å². The molecule has 0 bridgehead atoms. The van der Waals surface area contributed by atoms with Crippen molar-refractivity contribution in [3.05, 3.63) is 35.4 Å². The van der Waals surface area contributed by atoms with E-state index in [0.29, 0.717) is 0 Å². The van der Waals surface area contributed by atoms with Crippen molar-refractivity contribution in [2.24, 2.45) is 5.73 Å². The Bertz CT molecular complexity index is 427. The van der Waals surface area contributed by atoms with E-state index < -0.39 is 0 Å².